The smallest absolute Gasteiger partial charge is 0.407 e. The van der Waals surface area contributed by atoms with E-state index in [0.29, 0.717) is 11.3 Å². The number of carbonyl (C=O) groups is 1. The molecule has 6 nitrogen and oxygen atoms in total. The summed E-state index contributed by atoms with van der Waals surface area (Å²) < 4.78 is 37.4. The molecular formula is C16H24F2N2O4. The van der Waals surface area contributed by atoms with Gasteiger partial charge in [0.05, 0.1) is 20.2 Å². The Morgan fingerprint density at radius 1 is 1.25 bits per heavy atom. The molecule has 0 heterocycles. The van der Waals surface area contributed by atoms with Crippen molar-refractivity contribution in [1.82, 2.24) is 10.6 Å². The number of alkyl halides is 2. The highest BCUT2D eigenvalue weighted by Gasteiger charge is 2.30. The Hall–Kier alpha value is -2.09. The first-order valence-electron chi connectivity index (χ1n) is 7.44. The van der Waals surface area contributed by atoms with Gasteiger partial charge in [0.2, 0.25) is 0 Å². The Kier molecular flexibility index (Phi) is 6.77. The summed E-state index contributed by atoms with van der Waals surface area (Å²) in [4.78, 5) is 11.4. The van der Waals surface area contributed by atoms with Gasteiger partial charge in [-0.15, -0.1) is 0 Å². The largest absolute Gasteiger partial charge is 0.508 e. The van der Waals surface area contributed by atoms with Crippen LogP contribution in [-0.2, 0) is 11.3 Å². The molecule has 0 unspecified atom stereocenters. The maximum atomic E-state index is 13.7. The zero-order chi connectivity index (χ0) is 18.4. The highest BCUT2D eigenvalue weighted by Crippen LogP contribution is 2.23. The Bertz CT molecular complexity index is 559. The van der Waals surface area contributed by atoms with Gasteiger partial charge in [-0.25, -0.2) is 13.6 Å². The summed E-state index contributed by atoms with van der Waals surface area (Å²) in [6.07, 6.45) is -0.896. The predicted octanol–water partition coefficient (Wildman–Crippen LogP) is 2.65. The van der Waals surface area contributed by atoms with Crippen LogP contribution in [0.15, 0.2) is 18.2 Å². The molecule has 0 saturated heterocycles. The first kappa shape index (κ1) is 20.0. The quantitative estimate of drug-likeness (QED) is 0.707. The number of ether oxygens (including phenoxy) is 2. The maximum Gasteiger partial charge on any atom is 0.407 e. The van der Waals surface area contributed by atoms with E-state index in [1.165, 1.54) is 13.2 Å². The van der Waals surface area contributed by atoms with Crippen molar-refractivity contribution < 1.29 is 28.2 Å². The molecule has 0 bridgehead atoms. The number of amides is 1. The van der Waals surface area contributed by atoms with Crippen LogP contribution in [0.4, 0.5) is 13.6 Å². The van der Waals surface area contributed by atoms with Crippen molar-refractivity contribution in [1.29, 1.82) is 0 Å². The number of hydrogen-bond donors (Lipinski definition) is 3. The van der Waals surface area contributed by atoms with E-state index in [4.69, 9.17) is 9.47 Å². The first-order valence-corrected chi connectivity index (χ1v) is 7.44. The SMILES string of the molecule is COc1ccc(O)c(CNCC(F)(F)CNC(=O)OC(C)(C)C)c1. The van der Waals surface area contributed by atoms with Gasteiger partial charge in [0, 0.05) is 12.1 Å². The van der Waals surface area contributed by atoms with Crippen molar-refractivity contribution in [2.24, 2.45) is 0 Å². The fraction of sp³-hybridized carbons (Fsp3) is 0.562. The van der Waals surface area contributed by atoms with Crippen molar-refractivity contribution in [3.63, 3.8) is 0 Å². The van der Waals surface area contributed by atoms with Crippen LogP contribution in [0.1, 0.15) is 26.3 Å². The van der Waals surface area contributed by atoms with Crippen LogP contribution in [0, 0.1) is 0 Å². The van der Waals surface area contributed by atoms with Crippen LogP contribution in [-0.4, -0.2) is 42.9 Å². The standard InChI is InChI=1S/C16H24F2N2O4/c1-15(2,3)24-14(22)20-10-16(17,18)9-19-8-11-7-12(23-4)5-6-13(11)21/h5-7,19,21H,8-10H2,1-4H3,(H,20,22). The second-order valence-electron chi connectivity index (χ2n) is 6.31. The molecule has 1 amide bonds. The summed E-state index contributed by atoms with van der Waals surface area (Å²) in [5.74, 6) is -2.66. The third-order valence-electron chi connectivity index (χ3n) is 2.88. The van der Waals surface area contributed by atoms with Crippen LogP contribution in [0.3, 0.4) is 0 Å². The number of rotatable bonds is 7. The highest BCUT2D eigenvalue weighted by atomic mass is 19.3. The average molecular weight is 346 g/mol. The van der Waals surface area contributed by atoms with E-state index in [0.717, 1.165) is 0 Å². The van der Waals surface area contributed by atoms with E-state index in [9.17, 15) is 18.7 Å². The van der Waals surface area contributed by atoms with Gasteiger partial charge in [0.15, 0.2) is 0 Å². The van der Waals surface area contributed by atoms with E-state index < -0.39 is 30.7 Å². The summed E-state index contributed by atoms with van der Waals surface area (Å²) in [5.41, 5.74) is -0.313. The molecule has 136 valence electrons. The molecule has 0 spiro atoms. The monoisotopic (exact) mass is 346 g/mol. The van der Waals surface area contributed by atoms with E-state index in [2.05, 4.69) is 5.32 Å². The average Bonchev–Trinajstić information content (AvgIpc) is 2.45. The Balaban J connectivity index is 2.44. The van der Waals surface area contributed by atoms with Gasteiger partial charge in [-0.3, -0.25) is 0 Å². The van der Waals surface area contributed by atoms with Gasteiger partial charge in [0.1, 0.15) is 17.1 Å². The van der Waals surface area contributed by atoms with Crippen LogP contribution in [0.2, 0.25) is 0 Å². The molecule has 8 heteroatoms. The number of benzene rings is 1. The summed E-state index contributed by atoms with van der Waals surface area (Å²) in [6.45, 7) is 3.45. The topological polar surface area (TPSA) is 79.8 Å². The number of phenols is 1. The number of aromatic hydroxyl groups is 1. The lowest BCUT2D eigenvalue weighted by Gasteiger charge is -2.22. The third kappa shape index (κ3) is 7.45. The summed E-state index contributed by atoms with van der Waals surface area (Å²) >= 11 is 0. The zero-order valence-corrected chi connectivity index (χ0v) is 14.3. The molecule has 0 radical (unpaired) electrons. The summed E-state index contributed by atoms with van der Waals surface area (Å²) in [5, 5.41) is 14.3. The number of halogens is 2. The molecule has 0 fully saturated rings. The molecule has 1 aromatic carbocycles. The Morgan fingerprint density at radius 3 is 2.50 bits per heavy atom. The number of carbonyl (C=O) groups excluding carboxylic acids is 1. The predicted molar refractivity (Wildman–Crippen MR) is 85.5 cm³/mol. The van der Waals surface area contributed by atoms with Crippen LogP contribution in [0.5, 0.6) is 11.5 Å². The molecule has 0 aliphatic rings. The summed E-state index contributed by atoms with van der Waals surface area (Å²) in [7, 11) is 1.47. The second kappa shape index (κ2) is 8.14. The van der Waals surface area contributed by atoms with Gasteiger partial charge in [0.25, 0.3) is 5.92 Å². The maximum absolute atomic E-state index is 13.7. The van der Waals surface area contributed by atoms with Crippen molar-refractivity contribution in [3.8, 4) is 11.5 Å². The van der Waals surface area contributed by atoms with Crippen molar-refractivity contribution in [2.75, 3.05) is 20.2 Å². The molecule has 0 aromatic heterocycles. The van der Waals surface area contributed by atoms with E-state index in [-0.39, 0.29) is 12.3 Å². The van der Waals surface area contributed by atoms with Gasteiger partial charge in [-0.05, 0) is 39.0 Å². The Morgan fingerprint density at radius 2 is 1.92 bits per heavy atom. The van der Waals surface area contributed by atoms with Crippen molar-refractivity contribution in [3.05, 3.63) is 23.8 Å². The first-order chi connectivity index (χ1) is 11.0. The second-order valence-corrected chi connectivity index (χ2v) is 6.31. The minimum absolute atomic E-state index is 0.0153. The minimum Gasteiger partial charge on any atom is -0.508 e. The van der Waals surface area contributed by atoms with E-state index in [1.54, 1.807) is 32.9 Å². The number of hydrogen-bond acceptors (Lipinski definition) is 5. The molecule has 0 atom stereocenters. The van der Waals surface area contributed by atoms with Crippen LogP contribution < -0.4 is 15.4 Å². The van der Waals surface area contributed by atoms with Gasteiger partial charge in [-0.2, -0.15) is 0 Å². The lowest BCUT2D eigenvalue weighted by atomic mass is 10.2. The van der Waals surface area contributed by atoms with E-state index in [1.807, 2.05) is 5.32 Å². The van der Waals surface area contributed by atoms with Crippen LogP contribution in [0.25, 0.3) is 0 Å². The lowest BCUT2D eigenvalue weighted by Crippen LogP contribution is -2.44. The number of phenolic OH excluding ortho intramolecular Hbond substituents is 1. The highest BCUT2D eigenvalue weighted by molar-refractivity contribution is 5.67. The fourth-order valence-corrected chi connectivity index (χ4v) is 1.79. The molecular weight excluding hydrogens is 322 g/mol. The number of methoxy groups -OCH3 is 1. The van der Waals surface area contributed by atoms with E-state index >= 15 is 0 Å². The molecule has 3 N–H and O–H groups in total. The molecule has 0 aliphatic carbocycles. The zero-order valence-electron chi connectivity index (χ0n) is 14.3. The molecule has 0 aliphatic heterocycles. The third-order valence-corrected chi connectivity index (χ3v) is 2.88. The Labute approximate surface area is 140 Å². The normalized spacial score (nSPS) is 11.9. The summed E-state index contributed by atoms with van der Waals surface area (Å²) in [6, 6.07) is 4.55. The van der Waals surface area contributed by atoms with Crippen molar-refractivity contribution in [2.45, 2.75) is 38.8 Å². The fourth-order valence-electron chi connectivity index (χ4n) is 1.79. The molecule has 1 aromatic rings. The lowest BCUT2D eigenvalue weighted by molar-refractivity contribution is -0.00379. The van der Waals surface area contributed by atoms with Gasteiger partial charge in [-0.1, -0.05) is 0 Å². The number of alkyl carbamates (subject to hydrolysis) is 1. The molecule has 1 rings (SSSR count). The number of nitrogens with one attached hydrogen (secondary N) is 2. The van der Waals surface area contributed by atoms with Gasteiger partial charge >= 0.3 is 6.09 Å². The van der Waals surface area contributed by atoms with Crippen LogP contribution >= 0.6 is 0 Å². The van der Waals surface area contributed by atoms with Crippen molar-refractivity contribution >= 4 is 6.09 Å². The van der Waals surface area contributed by atoms with Gasteiger partial charge < -0.3 is 25.2 Å². The molecule has 24 heavy (non-hydrogen) atoms. The molecule has 0 saturated carbocycles. The minimum atomic E-state index is -3.16.